The predicted molar refractivity (Wildman–Crippen MR) is 79.3 cm³/mol. The van der Waals surface area contributed by atoms with Crippen molar-refractivity contribution < 1.29 is 4.92 Å². The Kier molecular flexibility index (Phi) is 5.25. The first-order valence-corrected chi connectivity index (χ1v) is 7.05. The van der Waals surface area contributed by atoms with Gasteiger partial charge in [-0.3, -0.25) is 10.1 Å². The molecule has 1 aromatic heterocycles. The van der Waals surface area contributed by atoms with Gasteiger partial charge in [0.15, 0.2) is 0 Å². The summed E-state index contributed by atoms with van der Waals surface area (Å²) in [6.07, 6.45) is 6.38. The molecule has 20 heavy (non-hydrogen) atoms. The van der Waals surface area contributed by atoms with Crippen LogP contribution in [0.1, 0.15) is 12.0 Å². The van der Waals surface area contributed by atoms with Crippen molar-refractivity contribution >= 4 is 21.6 Å². The maximum atomic E-state index is 10.9. The summed E-state index contributed by atoms with van der Waals surface area (Å²) in [5.41, 5.74) is 0.835. The first-order valence-electron chi connectivity index (χ1n) is 6.26. The van der Waals surface area contributed by atoms with E-state index in [0.29, 0.717) is 12.1 Å². The summed E-state index contributed by atoms with van der Waals surface area (Å²) >= 11 is 3.33. The monoisotopic (exact) mass is 338 g/mol. The Morgan fingerprint density at radius 2 is 2.30 bits per heavy atom. The number of benzene rings is 1. The predicted octanol–water partition coefficient (Wildman–Crippen LogP) is 2.73. The van der Waals surface area contributed by atoms with Gasteiger partial charge < -0.3 is 9.88 Å². The van der Waals surface area contributed by atoms with Crippen LogP contribution >= 0.6 is 15.9 Å². The fourth-order valence-electron chi connectivity index (χ4n) is 1.90. The zero-order valence-electron chi connectivity index (χ0n) is 10.8. The molecule has 0 aliphatic carbocycles. The molecular formula is C13H15BrN4O2. The van der Waals surface area contributed by atoms with Crippen LogP contribution in [-0.2, 0) is 13.1 Å². The molecule has 0 bridgehead atoms. The van der Waals surface area contributed by atoms with Gasteiger partial charge in [-0.05, 0) is 25.1 Å². The number of nitro groups is 1. The third-order valence-corrected chi connectivity index (χ3v) is 3.38. The Bertz CT molecular complexity index is 572. The van der Waals surface area contributed by atoms with Gasteiger partial charge in [0.2, 0.25) is 0 Å². The van der Waals surface area contributed by atoms with Crippen LogP contribution < -0.4 is 5.32 Å². The van der Waals surface area contributed by atoms with E-state index in [1.165, 1.54) is 6.07 Å². The third kappa shape index (κ3) is 4.14. The molecule has 0 fully saturated rings. The van der Waals surface area contributed by atoms with Crippen LogP contribution in [0.3, 0.4) is 0 Å². The summed E-state index contributed by atoms with van der Waals surface area (Å²) in [4.78, 5) is 14.5. The van der Waals surface area contributed by atoms with Crippen molar-refractivity contribution in [1.82, 2.24) is 14.9 Å². The lowest BCUT2D eigenvalue weighted by atomic mass is 10.2. The summed E-state index contributed by atoms with van der Waals surface area (Å²) < 4.78 is 2.85. The van der Waals surface area contributed by atoms with Gasteiger partial charge in [0.1, 0.15) is 0 Å². The van der Waals surface area contributed by atoms with Gasteiger partial charge in [-0.2, -0.15) is 0 Å². The summed E-state index contributed by atoms with van der Waals surface area (Å²) in [6.45, 7) is 2.16. The Balaban J connectivity index is 1.81. The number of imidazole rings is 1. The van der Waals surface area contributed by atoms with Gasteiger partial charge in [0.05, 0.1) is 11.3 Å². The molecule has 7 heteroatoms. The number of hydrogen-bond acceptors (Lipinski definition) is 4. The molecule has 0 aliphatic rings. The molecule has 0 aliphatic heterocycles. The van der Waals surface area contributed by atoms with Gasteiger partial charge in [-0.15, -0.1) is 0 Å². The topological polar surface area (TPSA) is 73.0 Å². The van der Waals surface area contributed by atoms with Crippen molar-refractivity contribution in [3.05, 3.63) is 57.1 Å². The van der Waals surface area contributed by atoms with E-state index in [1.54, 1.807) is 24.7 Å². The number of nitrogens with one attached hydrogen (secondary N) is 1. The van der Waals surface area contributed by atoms with Gasteiger partial charge in [-0.1, -0.05) is 15.9 Å². The fourth-order valence-corrected chi connectivity index (χ4v) is 2.31. The lowest BCUT2D eigenvalue weighted by molar-refractivity contribution is -0.385. The number of hydrogen-bond donors (Lipinski definition) is 1. The zero-order valence-corrected chi connectivity index (χ0v) is 12.4. The molecule has 0 spiro atoms. The summed E-state index contributed by atoms with van der Waals surface area (Å²) in [7, 11) is 0. The summed E-state index contributed by atoms with van der Waals surface area (Å²) in [5.74, 6) is 0. The average Bonchev–Trinajstić information content (AvgIpc) is 2.91. The molecule has 0 amide bonds. The summed E-state index contributed by atoms with van der Waals surface area (Å²) in [6, 6.07) is 4.98. The van der Waals surface area contributed by atoms with Gasteiger partial charge in [-0.25, -0.2) is 4.98 Å². The number of nitrogens with zero attached hydrogens (tertiary/aromatic N) is 3. The smallest absolute Gasteiger partial charge is 0.273 e. The SMILES string of the molecule is O=[N+]([O-])c1ccc(Br)cc1CNCCCn1ccnc1. The number of nitro benzene ring substituents is 1. The molecule has 1 N–H and O–H groups in total. The molecule has 2 rings (SSSR count). The van der Waals surface area contributed by atoms with Crippen molar-refractivity contribution in [2.24, 2.45) is 0 Å². The minimum absolute atomic E-state index is 0.148. The maximum Gasteiger partial charge on any atom is 0.273 e. The van der Waals surface area contributed by atoms with Crippen LogP contribution in [0.5, 0.6) is 0 Å². The molecule has 1 heterocycles. The van der Waals surface area contributed by atoms with Crippen molar-refractivity contribution in [3.8, 4) is 0 Å². The first-order chi connectivity index (χ1) is 9.66. The van der Waals surface area contributed by atoms with E-state index in [0.717, 1.165) is 24.0 Å². The molecule has 0 saturated heterocycles. The second-order valence-corrected chi connectivity index (χ2v) is 5.28. The second-order valence-electron chi connectivity index (χ2n) is 4.36. The fraction of sp³-hybridized carbons (Fsp3) is 0.308. The van der Waals surface area contributed by atoms with E-state index < -0.39 is 0 Å². The molecule has 0 atom stereocenters. The Morgan fingerprint density at radius 1 is 1.45 bits per heavy atom. The zero-order chi connectivity index (χ0) is 14.4. The number of aryl methyl sites for hydroxylation is 1. The first kappa shape index (κ1) is 14.7. The van der Waals surface area contributed by atoms with Gasteiger partial charge in [0, 0.05) is 41.6 Å². The second kappa shape index (κ2) is 7.16. The lowest BCUT2D eigenvalue weighted by Gasteiger charge is -2.07. The summed E-state index contributed by atoms with van der Waals surface area (Å²) in [5, 5.41) is 14.2. The Labute approximate surface area is 125 Å². The highest BCUT2D eigenvalue weighted by Gasteiger charge is 2.12. The van der Waals surface area contributed by atoms with Crippen LogP contribution in [-0.4, -0.2) is 21.0 Å². The van der Waals surface area contributed by atoms with Crippen LogP contribution in [0, 0.1) is 10.1 Å². The molecule has 6 nitrogen and oxygen atoms in total. The normalized spacial score (nSPS) is 10.7. The minimum Gasteiger partial charge on any atom is -0.337 e. The van der Waals surface area contributed by atoms with Crippen LogP contribution in [0.2, 0.25) is 0 Å². The van der Waals surface area contributed by atoms with Crippen molar-refractivity contribution in [1.29, 1.82) is 0 Å². The van der Waals surface area contributed by atoms with E-state index in [2.05, 4.69) is 26.2 Å². The largest absolute Gasteiger partial charge is 0.337 e. The maximum absolute atomic E-state index is 10.9. The minimum atomic E-state index is -0.352. The van der Waals surface area contributed by atoms with Crippen molar-refractivity contribution in [2.75, 3.05) is 6.54 Å². The van der Waals surface area contributed by atoms with E-state index >= 15 is 0 Å². The average molecular weight is 339 g/mol. The van der Waals surface area contributed by atoms with E-state index in [4.69, 9.17) is 0 Å². The molecule has 2 aromatic rings. The lowest BCUT2D eigenvalue weighted by Crippen LogP contribution is -2.17. The molecule has 0 saturated carbocycles. The molecule has 1 aromatic carbocycles. The molecular weight excluding hydrogens is 324 g/mol. The highest BCUT2D eigenvalue weighted by atomic mass is 79.9. The van der Waals surface area contributed by atoms with E-state index in [-0.39, 0.29) is 10.6 Å². The third-order valence-electron chi connectivity index (χ3n) is 2.88. The molecule has 0 radical (unpaired) electrons. The number of rotatable bonds is 7. The van der Waals surface area contributed by atoms with Crippen LogP contribution in [0.25, 0.3) is 0 Å². The molecule has 0 unspecified atom stereocenters. The molecule has 106 valence electrons. The van der Waals surface area contributed by atoms with Gasteiger partial charge >= 0.3 is 0 Å². The van der Waals surface area contributed by atoms with Crippen LogP contribution in [0.15, 0.2) is 41.4 Å². The van der Waals surface area contributed by atoms with E-state index in [1.807, 2.05) is 10.8 Å². The van der Waals surface area contributed by atoms with Gasteiger partial charge in [0.25, 0.3) is 5.69 Å². The Morgan fingerprint density at radius 3 is 3.00 bits per heavy atom. The van der Waals surface area contributed by atoms with E-state index in [9.17, 15) is 10.1 Å². The Hall–Kier alpha value is -1.73. The highest BCUT2D eigenvalue weighted by Crippen LogP contribution is 2.22. The number of aromatic nitrogens is 2. The van der Waals surface area contributed by atoms with Crippen molar-refractivity contribution in [2.45, 2.75) is 19.5 Å². The van der Waals surface area contributed by atoms with Crippen LogP contribution in [0.4, 0.5) is 5.69 Å². The number of halogens is 1. The quantitative estimate of drug-likeness (QED) is 0.478. The standard InChI is InChI=1S/C13H15BrN4O2/c14-12-2-3-13(18(19)20)11(8-12)9-15-4-1-6-17-7-5-16-10-17/h2-3,5,7-8,10,15H,1,4,6,9H2. The van der Waals surface area contributed by atoms with Crippen molar-refractivity contribution in [3.63, 3.8) is 0 Å². The highest BCUT2D eigenvalue weighted by molar-refractivity contribution is 9.10.